The summed E-state index contributed by atoms with van der Waals surface area (Å²) in [5.41, 5.74) is 3.40. The third-order valence-electron chi connectivity index (χ3n) is 4.85. The molecule has 1 saturated heterocycles. The second-order valence-electron chi connectivity index (χ2n) is 6.36. The highest BCUT2D eigenvalue weighted by molar-refractivity contribution is 5.82. The summed E-state index contributed by atoms with van der Waals surface area (Å²) in [6.07, 6.45) is -3.23. The first kappa shape index (κ1) is 14.5. The van der Waals surface area contributed by atoms with Crippen LogP contribution in [-0.4, -0.2) is 35.1 Å². The van der Waals surface area contributed by atoms with Crippen LogP contribution in [-0.2, 0) is 4.79 Å². The number of carbonyl (C=O) groups is 1. The van der Waals surface area contributed by atoms with Gasteiger partial charge in [0.25, 0.3) is 0 Å². The lowest BCUT2D eigenvalue weighted by Crippen LogP contribution is -2.42. The van der Waals surface area contributed by atoms with Crippen LogP contribution in [0.3, 0.4) is 0 Å². The number of alkyl halides is 3. The normalized spacial score (nSPS) is 23.9. The maximum atomic E-state index is 12.8. The maximum absolute atomic E-state index is 12.8. The number of nitrogens with zero attached hydrogens (tertiary/aromatic N) is 2. The lowest BCUT2D eigenvalue weighted by Gasteiger charge is -2.25. The number of amides is 1. The van der Waals surface area contributed by atoms with E-state index in [1.54, 1.807) is 6.92 Å². The average Bonchev–Trinajstić information content (AvgIpc) is 2.65. The molecule has 7 heteroatoms. The van der Waals surface area contributed by atoms with Gasteiger partial charge < -0.3 is 9.32 Å². The van der Waals surface area contributed by atoms with Gasteiger partial charge in [0, 0.05) is 31.8 Å². The highest BCUT2D eigenvalue weighted by atomic mass is 19.4. The van der Waals surface area contributed by atoms with E-state index in [0.29, 0.717) is 11.5 Å². The van der Waals surface area contributed by atoms with Gasteiger partial charge in [-0.05, 0) is 36.1 Å². The molecule has 3 aliphatic rings. The number of carbonyl (C=O) groups excluding carboxylic acids is 1. The van der Waals surface area contributed by atoms with E-state index in [1.807, 2.05) is 12.1 Å². The zero-order valence-corrected chi connectivity index (χ0v) is 12.5. The second kappa shape index (κ2) is 4.72. The molecule has 3 heterocycles. The number of hydrogen-bond donors (Lipinski definition) is 0. The molecular formula is C16H15F3N2O2. The first-order chi connectivity index (χ1) is 10.8. The minimum atomic E-state index is -4.82. The topological polar surface area (TPSA) is 46.3 Å². The van der Waals surface area contributed by atoms with Gasteiger partial charge in [0.05, 0.1) is 0 Å². The Labute approximate surface area is 130 Å². The van der Waals surface area contributed by atoms with Gasteiger partial charge in [-0.3, -0.25) is 4.79 Å². The highest BCUT2D eigenvalue weighted by Crippen LogP contribution is 2.44. The van der Waals surface area contributed by atoms with Crippen LogP contribution in [0.15, 0.2) is 16.5 Å². The van der Waals surface area contributed by atoms with Crippen molar-refractivity contribution in [1.82, 2.24) is 9.88 Å². The predicted octanol–water partition coefficient (Wildman–Crippen LogP) is 3.50. The van der Waals surface area contributed by atoms with Crippen molar-refractivity contribution in [3.63, 3.8) is 0 Å². The van der Waals surface area contributed by atoms with E-state index in [4.69, 9.17) is 4.42 Å². The molecule has 2 aromatic rings. The van der Waals surface area contributed by atoms with Gasteiger partial charge in [-0.1, -0.05) is 0 Å². The molecule has 5 rings (SSSR count). The smallest absolute Gasteiger partial charge is 0.441 e. The van der Waals surface area contributed by atoms with Crippen molar-refractivity contribution in [2.24, 2.45) is 0 Å². The zero-order valence-electron chi connectivity index (χ0n) is 12.5. The average molecular weight is 324 g/mol. The first-order valence-electron chi connectivity index (χ1n) is 7.60. The van der Waals surface area contributed by atoms with Crippen molar-refractivity contribution in [3.05, 3.63) is 29.2 Å². The van der Waals surface area contributed by atoms with Crippen LogP contribution in [0, 0.1) is 6.92 Å². The van der Waals surface area contributed by atoms with Crippen LogP contribution in [0.25, 0.3) is 11.1 Å². The zero-order chi connectivity index (χ0) is 16.4. The molecule has 1 aromatic carbocycles. The fourth-order valence-corrected chi connectivity index (χ4v) is 3.87. The van der Waals surface area contributed by atoms with Crippen LogP contribution in [0.5, 0.6) is 0 Å². The molecule has 0 saturated carbocycles. The van der Waals surface area contributed by atoms with Crippen molar-refractivity contribution < 1.29 is 22.4 Å². The van der Waals surface area contributed by atoms with E-state index >= 15 is 0 Å². The number of aromatic nitrogens is 1. The minimum absolute atomic E-state index is 0.0727. The number of oxazole rings is 1. The molecule has 0 N–H and O–H groups in total. The Morgan fingerprint density at radius 3 is 2.43 bits per heavy atom. The van der Waals surface area contributed by atoms with Gasteiger partial charge in [0.15, 0.2) is 11.5 Å². The molecule has 0 radical (unpaired) electrons. The van der Waals surface area contributed by atoms with E-state index in [-0.39, 0.29) is 24.9 Å². The Morgan fingerprint density at radius 2 is 1.83 bits per heavy atom. The molecule has 1 fully saturated rings. The summed E-state index contributed by atoms with van der Waals surface area (Å²) in [6, 6.07) is 3.81. The number of fused-ring (bicyclic) bond motifs is 4. The predicted molar refractivity (Wildman–Crippen MR) is 76.1 cm³/mol. The molecule has 122 valence electrons. The van der Waals surface area contributed by atoms with Gasteiger partial charge in [0.2, 0.25) is 0 Å². The van der Waals surface area contributed by atoms with Gasteiger partial charge in [-0.15, -0.1) is 0 Å². The van der Waals surface area contributed by atoms with E-state index in [0.717, 1.165) is 34.4 Å². The van der Waals surface area contributed by atoms with Crippen LogP contribution >= 0.6 is 0 Å². The lowest BCUT2D eigenvalue weighted by atomic mass is 9.78. The van der Waals surface area contributed by atoms with E-state index in [2.05, 4.69) is 4.98 Å². The Balaban J connectivity index is 1.76. The molecule has 2 aliphatic heterocycles. The van der Waals surface area contributed by atoms with Crippen molar-refractivity contribution in [3.8, 4) is 0 Å². The molecule has 2 unspecified atom stereocenters. The minimum Gasteiger partial charge on any atom is -0.441 e. The summed E-state index contributed by atoms with van der Waals surface area (Å²) in [5, 5.41) is 0. The van der Waals surface area contributed by atoms with Gasteiger partial charge in [-0.2, -0.15) is 13.2 Å². The summed E-state index contributed by atoms with van der Waals surface area (Å²) in [7, 11) is 0. The van der Waals surface area contributed by atoms with Gasteiger partial charge >= 0.3 is 12.1 Å². The molecule has 2 bridgehead atoms. The Bertz CT molecular complexity index is 745. The second-order valence-corrected chi connectivity index (χ2v) is 6.36. The van der Waals surface area contributed by atoms with Crippen molar-refractivity contribution >= 4 is 17.0 Å². The third kappa shape index (κ3) is 2.29. The molecule has 23 heavy (non-hydrogen) atoms. The number of aryl methyl sites for hydroxylation is 1. The summed E-state index contributed by atoms with van der Waals surface area (Å²) < 4.78 is 43.9. The standard InChI is InChI=1S/C16H15F3N2O2/c1-8-20-13-4-11-9-2-3-10(12(11)5-14(13)23-8)7-21(6-9)15(22)16(17,18)19/h4-5,9-10H,2-3,6-7H2,1H3. The third-order valence-corrected chi connectivity index (χ3v) is 4.85. The van der Waals surface area contributed by atoms with Crippen molar-refractivity contribution in [1.29, 1.82) is 0 Å². The molecule has 0 spiro atoms. The summed E-state index contributed by atoms with van der Waals surface area (Å²) in [5.74, 6) is -1.32. The monoisotopic (exact) mass is 324 g/mol. The van der Waals surface area contributed by atoms with Crippen LogP contribution < -0.4 is 0 Å². The molecule has 1 aliphatic carbocycles. The summed E-state index contributed by atoms with van der Waals surface area (Å²) in [6.45, 7) is 1.99. The van der Waals surface area contributed by atoms with Crippen molar-refractivity contribution in [2.75, 3.05) is 13.1 Å². The quantitative estimate of drug-likeness (QED) is 0.745. The Hall–Kier alpha value is -2.05. The van der Waals surface area contributed by atoms with Gasteiger partial charge in [-0.25, -0.2) is 4.98 Å². The lowest BCUT2D eigenvalue weighted by molar-refractivity contribution is -0.185. The van der Waals surface area contributed by atoms with E-state index in [1.165, 1.54) is 0 Å². The highest BCUT2D eigenvalue weighted by Gasteiger charge is 2.46. The Morgan fingerprint density at radius 1 is 1.22 bits per heavy atom. The molecule has 1 aromatic heterocycles. The fraction of sp³-hybridized carbons (Fsp3) is 0.500. The summed E-state index contributed by atoms with van der Waals surface area (Å²) >= 11 is 0. The van der Waals surface area contributed by atoms with Crippen LogP contribution in [0.1, 0.15) is 41.7 Å². The first-order valence-corrected chi connectivity index (χ1v) is 7.60. The fourth-order valence-electron chi connectivity index (χ4n) is 3.87. The number of benzene rings is 1. The van der Waals surface area contributed by atoms with Crippen molar-refractivity contribution in [2.45, 2.75) is 37.8 Å². The molecular weight excluding hydrogens is 309 g/mol. The van der Waals surface area contributed by atoms with Crippen LogP contribution in [0.4, 0.5) is 13.2 Å². The van der Waals surface area contributed by atoms with Crippen LogP contribution in [0.2, 0.25) is 0 Å². The number of hydrogen-bond acceptors (Lipinski definition) is 3. The molecule has 2 atom stereocenters. The van der Waals surface area contributed by atoms with E-state index < -0.39 is 12.1 Å². The van der Waals surface area contributed by atoms with Gasteiger partial charge in [0.1, 0.15) is 5.52 Å². The largest absolute Gasteiger partial charge is 0.471 e. The molecule has 4 nitrogen and oxygen atoms in total. The Kier molecular flexibility index (Phi) is 2.98. The maximum Gasteiger partial charge on any atom is 0.471 e. The number of rotatable bonds is 0. The SMILES string of the molecule is Cc1nc2cc3c(cc2o1)C1CCC3CN(C(=O)C(F)(F)F)C1. The molecule has 1 amide bonds. The summed E-state index contributed by atoms with van der Waals surface area (Å²) in [4.78, 5) is 16.9. The van der Waals surface area contributed by atoms with E-state index in [9.17, 15) is 18.0 Å². The number of halogens is 3.